The van der Waals surface area contributed by atoms with E-state index < -0.39 is 0 Å². The van der Waals surface area contributed by atoms with Crippen LogP contribution in [0.15, 0.2) is 30.3 Å². The van der Waals surface area contributed by atoms with Gasteiger partial charge in [0.15, 0.2) is 0 Å². The third-order valence-electron chi connectivity index (χ3n) is 2.11. The van der Waals surface area contributed by atoms with Crippen LogP contribution in [0, 0.1) is 0 Å². The highest BCUT2D eigenvalue weighted by molar-refractivity contribution is 8.74. The zero-order valence-electron chi connectivity index (χ0n) is 11.7. The molecule has 0 atom stereocenters. The molecule has 0 aliphatic rings. The second-order valence-corrected chi connectivity index (χ2v) is 19.0. The molecule has 0 heterocycles. The fourth-order valence-electron chi connectivity index (χ4n) is 1.31. The summed E-state index contributed by atoms with van der Waals surface area (Å²) in [6, 6.07) is 10.5. The zero-order chi connectivity index (χ0) is 16.5. The molecule has 0 N–H and O–H groups in total. The Morgan fingerprint density at radius 2 is 1.14 bits per heavy atom. The molecular weight excluding hydrogens is 487 g/mol. The lowest BCUT2D eigenvalue weighted by Crippen LogP contribution is -2.21. The van der Waals surface area contributed by atoms with Crippen molar-refractivity contribution >= 4 is 108 Å². The first-order valence-electron chi connectivity index (χ1n) is 5.85. The van der Waals surface area contributed by atoms with Gasteiger partial charge in [0.2, 0.25) is 0 Å². The van der Waals surface area contributed by atoms with Crippen LogP contribution in [0.25, 0.3) is 0 Å². The topological polar surface area (TPSA) is 3.24 Å². The molecule has 1 rings (SSSR count). The average Bonchev–Trinajstić information content (AvgIpc) is 2.57. The third-order valence-corrected chi connectivity index (χ3v) is 19.9. The molecule has 0 radical (unpaired) electrons. The van der Waals surface area contributed by atoms with E-state index in [4.69, 9.17) is 0 Å². The highest BCUT2D eigenvalue weighted by Gasteiger charge is 1.97. The number of para-hydroxylation sites is 1. The van der Waals surface area contributed by atoms with Crippen LogP contribution >= 0.6 is 0 Å². The first-order chi connectivity index (χ1) is 10.8. The summed E-state index contributed by atoms with van der Waals surface area (Å²) in [5, 5.41) is 0. The lowest BCUT2D eigenvalue weighted by atomic mass is 10.3. The Kier molecular flexibility index (Phi) is 20.0. The van der Waals surface area contributed by atoms with Gasteiger partial charge < -0.3 is 4.90 Å². The molecule has 1 nitrogen and oxygen atoms in total. The van der Waals surface area contributed by atoms with Crippen molar-refractivity contribution in [3.63, 3.8) is 0 Å². The smallest absolute Gasteiger partial charge is 0.0365 e. The third kappa shape index (κ3) is 13.8. The van der Waals surface area contributed by atoms with E-state index in [1.807, 2.05) is 6.07 Å². The molecule has 0 aromatic heterocycles. The van der Waals surface area contributed by atoms with Crippen LogP contribution in [-0.2, 0) is 102 Å². The van der Waals surface area contributed by atoms with Gasteiger partial charge in [-0.05, 0) is 26.0 Å². The van der Waals surface area contributed by atoms with E-state index in [2.05, 4.69) is 65.4 Å². The minimum absolute atomic E-state index is 1.08. The minimum atomic E-state index is 1.08. The first kappa shape index (κ1) is 23.4. The Balaban J connectivity index is 0.000000401. The van der Waals surface area contributed by atoms with Gasteiger partial charge in [-0.3, -0.25) is 0 Å². The molecule has 22 heavy (non-hydrogen) atoms. The Morgan fingerprint density at radius 3 is 1.50 bits per heavy atom. The van der Waals surface area contributed by atoms with Gasteiger partial charge in [-0.15, -0.1) is 0 Å². The van der Waals surface area contributed by atoms with Gasteiger partial charge >= 0.3 is 0 Å². The van der Waals surface area contributed by atoms with E-state index >= 15 is 0 Å². The maximum Gasteiger partial charge on any atom is 0.0365 e. The molecule has 0 saturated carbocycles. The van der Waals surface area contributed by atoms with Crippen molar-refractivity contribution in [2.45, 2.75) is 13.8 Å². The highest BCUT2D eigenvalue weighted by Crippen LogP contribution is 2.11. The maximum absolute atomic E-state index is 4.67. The summed E-state index contributed by atoms with van der Waals surface area (Å²) in [6.45, 7) is 6.52. The van der Waals surface area contributed by atoms with Gasteiger partial charge in [0.25, 0.3) is 0 Å². The van der Waals surface area contributed by atoms with Crippen molar-refractivity contribution in [1.29, 1.82) is 0 Å². The van der Waals surface area contributed by atoms with Crippen molar-refractivity contribution in [3.8, 4) is 0 Å². The molecule has 0 fully saturated rings. The number of anilines is 1. The van der Waals surface area contributed by atoms with Gasteiger partial charge in [-0.25, -0.2) is 0 Å². The van der Waals surface area contributed by atoms with E-state index in [1.165, 1.54) is 23.4 Å². The fourth-order valence-corrected chi connectivity index (χ4v) is 20.5. The van der Waals surface area contributed by atoms with Crippen molar-refractivity contribution < 1.29 is 0 Å². The predicted octanol–water partition coefficient (Wildman–Crippen LogP) is 2.51. The number of hydrogen-bond donors (Lipinski definition) is 0. The van der Waals surface area contributed by atoms with Gasteiger partial charge in [0, 0.05) is 121 Å². The van der Waals surface area contributed by atoms with Crippen molar-refractivity contribution in [1.82, 2.24) is 0 Å². The predicted molar refractivity (Wildman–Crippen MR) is 131 cm³/mol. The van der Waals surface area contributed by atoms with Crippen molar-refractivity contribution in [2.24, 2.45) is 0 Å². The Hall–Kier alpha value is 1.44. The SMILES string of the molecule is CCN(CC)c1ccccc1.S=S=S=S=S=S=S=S=S=S=S. The second kappa shape index (κ2) is 18.8. The van der Waals surface area contributed by atoms with Gasteiger partial charge in [-0.1, -0.05) is 18.2 Å². The molecule has 0 aliphatic carbocycles. The summed E-state index contributed by atoms with van der Waals surface area (Å²) in [5.41, 5.74) is 1.32. The summed E-state index contributed by atoms with van der Waals surface area (Å²) in [6.07, 6.45) is 0. The quantitative estimate of drug-likeness (QED) is 0.627. The van der Waals surface area contributed by atoms with Crippen molar-refractivity contribution in [2.75, 3.05) is 18.0 Å². The van der Waals surface area contributed by atoms with Crippen LogP contribution in [0.5, 0.6) is 0 Å². The van der Waals surface area contributed by atoms with E-state index in [9.17, 15) is 0 Å². The highest BCUT2D eigenvalue weighted by atomic mass is 33.4. The molecular formula is C10H15NS11. The summed E-state index contributed by atoms with van der Waals surface area (Å²) >= 11 is 9.35. The van der Waals surface area contributed by atoms with Crippen molar-refractivity contribution in [3.05, 3.63) is 30.3 Å². The summed E-state index contributed by atoms with van der Waals surface area (Å²) < 4.78 is 0. The molecule has 0 amide bonds. The first-order valence-corrected chi connectivity index (χ1v) is 19.2. The van der Waals surface area contributed by atoms with Crippen LogP contribution < -0.4 is 4.90 Å². The van der Waals surface area contributed by atoms with Crippen LogP contribution in [0.2, 0.25) is 0 Å². The van der Waals surface area contributed by atoms with Gasteiger partial charge in [0.05, 0.1) is 0 Å². The molecule has 0 aliphatic heterocycles. The van der Waals surface area contributed by atoms with Crippen LogP contribution in [0.3, 0.4) is 0 Å². The average molecular weight is 502 g/mol. The molecule has 0 spiro atoms. The Bertz CT molecular complexity index is 735. The van der Waals surface area contributed by atoms with Crippen LogP contribution in [-0.4, -0.2) is 13.1 Å². The zero-order valence-corrected chi connectivity index (χ0v) is 20.7. The Morgan fingerprint density at radius 1 is 0.727 bits per heavy atom. The second-order valence-electron chi connectivity index (χ2n) is 3.12. The Labute approximate surface area is 168 Å². The number of rotatable bonds is 3. The molecule has 0 bridgehead atoms. The summed E-state index contributed by atoms with van der Waals surface area (Å²) in [5.74, 6) is 0. The monoisotopic (exact) mass is 501 g/mol. The molecule has 1 aromatic carbocycles. The van der Waals surface area contributed by atoms with E-state index in [-0.39, 0.29) is 0 Å². The lowest BCUT2D eigenvalue weighted by molar-refractivity contribution is 0.866. The largest absolute Gasteiger partial charge is 0.372 e. The fraction of sp³-hybridized carbons (Fsp3) is 0.400. The number of nitrogens with zero attached hydrogens (tertiary/aromatic N) is 1. The van der Waals surface area contributed by atoms with E-state index in [0.29, 0.717) is 0 Å². The minimum Gasteiger partial charge on any atom is -0.372 e. The molecule has 0 saturated heterocycles. The van der Waals surface area contributed by atoms with E-state index in [1.54, 1.807) is 62.2 Å². The molecule has 12 heteroatoms. The van der Waals surface area contributed by atoms with Gasteiger partial charge in [0.1, 0.15) is 0 Å². The molecule has 126 valence electrons. The maximum atomic E-state index is 4.67. The number of benzene rings is 1. The summed E-state index contributed by atoms with van der Waals surface area (Å²) in [4.78, 5) is 2.33. The number of hydrogen-bond acceptors (Lipinski definition) is 3. The standard InChI is InChI=1S/C10H15N.S11/c1-3-11(4-2)10-8-6-5-7-9-10;1-3-5-7-9-11-10-8-6-4-2/h5-9H,3-4H2,1-2H3;. The molecule has 0 unspecified atom stereocenters. The van der Waals surface area contributed by atoms with E-state index in [0.717, 1.165) is 13.1 Å². The van der Waals surface area contributed by atoms with Crippen LogP contribution in [0.4, 0.5) is 5.69 Å². The molecule has 1 aromatic rings. The summed E-state index contributed by atoms with van der Waals surface area (Å²) in [7, 11) is 14.5. The lowest BCUT2D eigenvalue weighted by Gasteiger charge is -2.20. The van der Waals surface area contributed by atoms with Crippen LogP contribution in [0.1, 0.15) is 13.8 Å². The normalized spacial score (nSPS) is 8.27. The van der Waals surface area contributed by atoms with Gasteiger partial charge in [-0.2, -0.15) is 0 Å².